The summed E-state index contributed by atoms with van der Waals surface area (Å²) in [5.41, 5.74) is 0.118. The topological polar surface area (TPSA) is 111 Å². The van der Waals surface area contributed by atoms with Crippen molar-refractivity contribution in [3.63, 3.8) is 0 Å². The van der Waals surface area contributed by atoms with Crippen LogP contribution in [0.2, 0.25) is 0 Å². The van der Waals surface area contributed by atoms with Gasteiger partial charge in [0.1, 0.15) is 0 Å². The van der Waals surface area contributed by atoms with E-state index in [4.69, 9.17) is 0 Å². The lowest BCUT2D eigenvalue weighted by atomic mass is 10.1. The average Bonchev–Trinajstić information content (AvgIpc) is 2.60. The lowest BCUT2D eigenvalue weighted by molar-refractivity contribution is -0.136. The number of benzene rings is 1. The molecule has 0 atom stereocenters. The van der Waals surface area contributed by atoms with Crippen LogP contribution in [0.25, 0.3) is 0 Å². The number of ether oxygens (including phenoxy) is 2. The van der Waals surface area contributed by atoms with Crippen molar-refractivity contribution in [2.75, 3.05) is 26.1 Å². The Morgan fingerprint density at radius 3 is 2.25 bits per heavy atom. The number of rotatable bonds is 6. The average molecular weight is 336 g/mol. The number of carbonyl (C=O) groups excluding carboxylic acids is 4. The van der Waals surface area contributed by atoms with Gasteiger partial charge in [0.25, 0.3) is 0 Å². The molecule has 1 aromatic rings. The first kappa shape index (κ1) is 19.1. The van der Waals surface area contributed by atoms with E-state index in [2.05, 4.69) is 20.1 Å². The Morgan fingerprint density at radius 2 is 1.67 bits per heavy atom. The van der Waals surface area contributed by atoms with Crippen molar-refractivity contribution in [1.82, 2.24) is 5.32 Å². The van der Waals surface area contributed by atoms with Crippen molar-refractivity contribution in [2.45, 2.75) is 19.8 Å². The van der Waals surface area contributed by atoms with E-state index < -0.39 is 23.8 Å². The largest absolute Gasteiger partial charge is 0.465 e. The third-order valence-electron chi connectivity index (χ3n) is 3.12. The highest BCUT2D eigenvalue weighted by Crippen LogP contribution is 2.19. The quantitative estimate of drug-likeness (QED) is 0.457. The van der Waals surface area contributed by atoms with Gasteiger partial charge in [0.05, 0.1) is 31.0 Å². The third-order valence-corrected chi connectivity index (χ3v) is 3.12. The molecular formula is C16H20N2O6. The molecule has 130 valence electrons. The summed E-state index contributed by atoms with van der Waals surface area (Å²) in [6, 6.07) is 3.91. The van der Waals surface area contributed by atoms with Crippen LogP contribution in [0, 0.1) is 0 Å². The maximum atomic E-state index is 11.9. The predicted octanol–water partition coefficient (Wildman–Crippen LogP) is 1.11. The van der Waals surface area contributed by atoms with Gasteiger partial charge < -0.3 is 20.1 Å². The van der Waals surface area contributed by atoms with E-state index in [1.807, 2.05) is 6.92 Å². The number of amides is 2. The Labute approximate surface area is 139 Å². The second kappa shape index (κ2) is 9.29. The molecule has 0 saturated heterocycles. The van der Waals surface area contributed by atoms with Gasteiger partial charge in [-0.15, -0.1) is 0 Å². The lowest BCUT2D eigenvalue weighted by Crippen LogP contribution is -2.36. The molecule has 8 heteroatoms. The summed E-state index contributed by atoms with van der Waals surface area (Å²) in [5.74, 6) is -3.14. The van der Waals surface area contributed by atoms with Crippen molar-refractivity contribution in [3.8, 4) is 0 Å². The Kier molecular flexibility index (Phi) is 7.41. The van der Waals surface area contributed by atoms with Gasteiger partial charge in [-0.05, 0) is 24.6 Å². The maximum Gasteiger partial charge on any atom is 0.339 e. The van der Waals surface area contributed by atoms with Crippen LogP contribution in [0.15, 0.2) is 18.2 Å². The van der Waals surface area contributed by atoms with Gasteiger partial charge in [-0.2, -0.15) is 0 Å². The maximum absolute atomic E-state index is 11.9. The van der Waals surface area contributed by atoms with Crippen LogP contribution in [-0.2, 0) is 19.1 Å². The molecule has 0 radical (unpaired) electrons. The zero-order chi connectivity index (χ0) is 18.1. The van der Waals surface area contributed by atoms with Crippen molar-refractivity contribution in [3.05, 3.63) is 29.3 Å². The molecule has 0 aliphatic heterocycles. The molecule has 1 aromatic carbocycles. The van der Waals surface area contributed by atoms with Gasteiger partial charge in [-0.25, -0.2) is 9.59 Å². The van der Waals surface area contributed by atoms with Gasteiger partial charge in [-0.1, -0.05) is 13.3 Å². The number of esters is 2. The Morgan fingerprint density at radius 1 is 1.00 bits per heavy atom. The zero-order valence-electron chi connectivity index (χ0n) is 13.8. The Bertz CT molecular complexity index is 641. The molecule has 0 heterocycles. The molecule has 0 aliphatic rings. The van der Waals surface area contributed by atoms with Gasteiger partial charge in [0.2, 0.25) is 0 Å². The highest BCUT2D eigenvalue weighted by atomic mass is 16.5. The molecule has 2 N–H and O–H groups in total. The molecule has 0 saturated carbocycles. The number of nitrogens with one attached hydrogen (secondary N) is 2. The van der Waals surface area contributed by atoms with Crippen LogP contribution in [0.3, 0.4) is 0 Å². The number of hydrogen-bond donors (Lipinski definition) is 2. The minimum absolute atomic E-state index is 0.0135. The monoisotopic (exact) mass is 336 g/mol. The van der Waals surface area contributed by atoms with Crippen LogP contribution in [0.1, 0.15) is 40.5 Å². The second-order valence-corrected chi connectivity index (χ2v) is 4.81. The molecule has 0 aromatic heterocycles. The Balaban J connectivity index is 3.01. The molecular weight excluding hydrogens is 316 g/mol. The molecule has 8 nitrogen and oxygen atoms in total. The van der Waals surface area contributed by atoms with Crippen molar-refractivity contribution in [2.24, 2.45) is 0 Å². The predicted molar refractivity (Wildman–Crippen MR) is 85.7 cm³/mol. The van der Waals surface area contributed by atoms with Crippen molar-refractivity contribution in [1.29, 1.82) is 0 Å². The van der Waals surface area contributed by atoms with E-state index in [1.165, 1.54) is 32.4 Å². The SMILES string of the molecule is CCCCNC(=O)C(=O)Nc1cc(C(=O)OC)ccc1C(=O)OC. The number of methoxy groups -OCH3 is 2. The number of hydrogen-bond acceptors (Lipinski definition) is 6. The summed E-state index contributed by atoms with van der Waals surface area (Å²) < 4.78 is 9.21. The molecule has 0 unspecified atom stereocenters. The van der Waals surface area contributed by atoms with E-state index in [0.29, 0.717) is 6.54 Å². The summed E-state index contributed by atoms with van der Waals surface area (Å²) in [7, 11) is 2.38. The highest BCUT2D eigenvalue weighted by molar-refractivity contribution is 6.40. The van der Waals surface area contributed by atoms with Crippen molar-refractivity contribution < 1.29 is 28.7 Å². The van der Waals surface area contributed by atoms with E-state index >= 15 is 0 Å². The lowest BCUT2D eigenvalue weighted by Gasteiger charge is -2.11. The van der Waals surface area contributed by atoms with E-state index in [1.54, 1.807) is 0 Å². The summed E-state index contributed by atoms with van der Waals surface area (Å²) in [6.07, 6.45) is 1.61. The van der Waals surface area contributed by atoms with Gasteiger partial charge in [-0.3, -0.25) is 9.59 Å². The molecule has 0 bridgehead atoms. The normalized spacial score (nSPS) is 9.79. The minimum Gasteiger partial charge on any atom is -0.465 e. The fraction of sp³-hybridized carbons (Fsp3) is 0.375. The van der Waals surface area contributed by atoms with Crippen LogP contribution in [0.5, 0.6) is 0 Å². The highest BCUT2D eigenvalue weighted by Gasteiger charge is 2.20. The number of anilines is 1. The van der Waals surface area contributed by atoms with Crippen LogP contribution in [0.4, 0.5) is 5.69 Å². The van der Waals surface area contributed by atoms with E-state index in [9.17, 15) is 19.2 Å². The summed E-state index contributed by atoms with van der Waals surface area (Å²) in [5, 5.41) is 4.77. The molecule has 0 spiro atoms. The molecule has 0 fully saturated rings. The standard InChI is InChI=1S/C16H20N2O6/c1-4-5-8-17-13(19)14(20)18-12-9-10(15(21)23-2)6-7-11(12)16(22)24-3/h6-7,9H,4-5,8H2,1-3H3,(H,17,19)(H,18,20). The summed E-state index contributed by atoms with van der Waals surface area (Å²) in [4.78, 5) is 47.0. The first-order valence-corrected chi connectivity index (χ1v) is 7.34. The van der Waals surface area contributed by atoms with Crippen molar-refractivity contribution >= 4 is 29.4 Å². The minimum atomic E-state index is -0.946. The molecule has 1 rings (SSSR count). The first-order chi connectivity index (χ1) is 11.4. The fourth-order valence-electron chi connectivity index (χ4n) is 1.82. The molecule has 24 heavy (non-hydrogen) atoms. The Hall–Kier alpha value is -2.90. The van der Waals surface area contributed by atoms with Gasteiger partial charge in [0, 0.05) is 6.54 Å². The number of unbranched alkanes of at least 4 members (excludes halogenated alkanes) is 1. The van der Waals surface area contributed by atoms with Gasteiger partial charge in [0.15, 0.2) is 0 Å². The van der Waals surface area contributed by atoms with Crippen LogP contribution in [-0.4, -0.2) is 44.5 Å². The van der Waals surface area contributed by atoms with E-state index in [-0.39, 0.29) is 16.8 Å². The number of carbonyl (C=O) groups is 4. The zero-order valence-corrected chi connectivity index (χ0v) is 13.8. The second-order valence-electron chi connectivity index (χ2n) is 4.81. The molecule has 2 amide bonds. The first-order valence-electron chi connectivity index (χ1n) is 7.34. The van der Waals surface area contributed by atoms with Crippen LogP contribution >= 0.6 is 0 Å². The fourth-order valence-corrected chi connectivity index (χ4v) is 1.82. The third kappa shape index (κ3) is 5.08. The van der Waals surface area contributed by atoms with Crippen LogP contribution < -0.4 is 10.6 Å². The summed E-state index contributed by atoms with van der Waals surface area (Å²) in [6.45, 7) is 2.32. The molecule has 0 aliphatic carbocycles. The van der Waals surface area contributed by atoms with E-state index in [0.717, 1.165) is 12.8 Å². The smallest absolute Gasteiger partial charge is 0.339 e. The van der Waals surface area contributed by atoms with Gasteiger partial charge >= 0.3 is 23.8 Å². The summed E-state index contributed by atoms with van der Waals surface area (Å²) >= 11 is 0.